The molecular weight excluding hydrogens is 486 g/mol. The number of aryl methyl sites for hydroxylation is 1. The molecule has 194 valence electrons. The van der Waals surface area contributed by atoms with E-state index in [9.17, 15) is 13.6 Å². The van der Waals surface area contributed by atoms with Gasteiger partial charge < -0.3 is 9.47 Å². The first-order valence-corrected chi connectivity index (χ1v) is 13.3. The Balaban J connectivity index is 1.06. The number of hydrogen-bond acceptors (Lipinski definition) is 7. The maximum Gasteiger partial charge on any atom is 0.278 e. The van der Waals surface area contributed by atoms with Crippen molar-refractivity contribution >= 4 is 28.0 Å². The van der Waals surface area contributed by atoms with Crippen molar-refractivity contribution in [3.8, 4) is 5.19 Å². The van der Waals surface area contributed by atoms with Crippen LogP contribution in [-0.4, -0.2) is 63.8 Å². The fourth-order valence-electron chi connectivity index (χ4n) is 5.02. The van der Waals surface area contributed by atoms with Crippen LogP contribution < -0.4 is 4.74 Å². The molecule has 2 atom stereocenters. The molecule has 0 radical (unpaired) electrons. The van der Waals surface area contributed by atoms with Crippen molar-refractivity contribution in [3.63, 3.8) is 0 Å². The van der Waals surface area contributed by atoms with Crippen LogP contribution in [0.2, 0.25) is 0 Å². The van der Waals surface area contributed by atoms with E-state index in [2.05, 4.69) is 15.0 Å². The van der Waals surface area contributed by atoms with Crippen molar-refractivity contribution < 1.29 is 23.0 Å². The van der Waals surface area contributed by atoms with E-state index in [4.69, 9.17) is 9.47 Å². The normalized spacial score (nSPS) is 21.0. The molecule has 10 heteroatoms. The third-order valence-electron chi connectivity index (χ3n) is 6.91. The summed E-state index contributed by atoms with van der Waals surface area (Å²) < 4.78 is 39.2. The van der Waals surface area contributed by atoms with Crippen molar-refractivity contribution in [1.29, 1.82) is 0 Å². The molecule has 0 spiro atoms. The molecule has 4 heterocycles. The monoisotopic (exact) mass is 518 g/mol. The number of hydrogen-bond donors (Lipinski definition) is 0. The van der Waals surface area contributed by atoms with Gasteiger partial charge in [-0.1, -0.05) is 23.5 Å². The van der Waals surface area contributed by atoms with Gasteiger partial charge in [-0.3, -0.25) is 14.4 Å². The molecule has 0 bridgehead atoms. The van der Waals surface area contributed by atoms with E-state index in [0.717, 1.165) is 72.7 Å². The van der Waals surface area contributed by atoms with Crippen LogP contribution >= 0.6 is 11.3 Å². The molecule has 0 N–H and O–H groups in total. The zero-order chi connectivity index (χ0) is 25.3. The topological polar surface area (TPSA) is 69.5 Å². The number of carbonyl (C=O) groups excluding carboxylic acids is 1. The van der Waals surface area contributed by atoms with E-state index in [1.54, 1.807) is 4.68 Å². The highest BCUT2D eigenvalue weighted by Gasteiger charge is 2.28. The lowest BCUT2D eigenvalue weighted by Crippen LogP contribution is -2.35. The molecular formula is C26H32F2N4O3S. The van der Waals surface area contributed by atoms with Gasteiger partial charge in [-0.15, -0.1) is 0 Å². The zero-order valence-electron chi connectivity index (χ0n) is 20.7. The van der Waals surface area contributed by atoms with E-state index in [-0.39, 0.29) is 17.8 Å². The number of fused-ring (bicyclic) bond motifs is 2. The van der Waals surface area contributed by atoms with Gasteiger partial charge in [-0.05, 0) is 37.7 Å². The average molecular weight is 519 g/mol. The summed E-state index contributed by atoms with van der Waals surface area (Å²) in [6.45, 7) is 3.34. The number of alkyl halides is 2. The summed E-state index contributed by atoms with van der Waals surface area (Å²) in [6.07, 6.45) is 6.32. The minimum Gasteiger partial charge on any atom is -0.464 e. The molecule has 0 saturated carbocycles. The van der Waals surface area contributed by atoms with Crippen LogP contribution in [0.5, 0.6) is 5.19 Å². The Morgan fingerprint density at radius 2 is 2.19 bits per heavy atom. The Labute approximate surface area is 213 Å². The quantitative estimate of drug-likeness (QED) is 0.376. The number of nitrogens with zero attached hydrogens (tertiary/aromatic N) is 4. The first-order valence-electron chi connectivity index (χ1n) is 12.5. The number of aromatic nitrogens is 3. The number of ketones is 1. The summed E-state index contributed by atoms with van der Waals surface area (Å²) in [5.41, 5.74) is 2.52. The molecule has 36 heavy (non-hydrogen) atoms. The summed E-state index contributed by atoms with van der Waals surface area (Å²) in [6, 6.07) is 5.71. The standard InChI is InChI=1S/C26H32F2N4O3S/c1-26(27,28)16-35-25-29-22-14-32(11-9-24(22)36-25)10-8-18-7-6-17(15-34-18)12-23(33)19-4-3-5-21-20(19)13-31(2)30-21/h3-5,13,17-18H,6-12,14-16H2,1-2H3/t17-,18-/m1/s1. The lowest BCUT2D eigenvalue weighted by molar-refractivity contribution is -0.0249. The van der Waals surface area contributed by atoms with Crippen LogP contribution in [-0.2, 0) is 24.8 Å². The van der Waals surface area contributed by atoms with Gasteiger partial charge in [0.25, 0.3) is 11.1 Å². The van der Waals surface area contributed by atoms with Gasteiger partial charge in [0.05, 0.1) is 23.9 Å². The fourth-order valence-corrected chi connectivity index (χ4v) is 5.93. The Kier molecular flexibility index (Phi) is 7.37. The molecule has 0 amide bonds. The number of halogens is 2. The highest BCUT2D eigenvalue weighted by atomic mass is 32.1. The minimum absolute atomic E-state index is 0.152. The zero-order valence-corrected chi connectivity index (χ0v) is 21.5. The lowest BCUT2D eigenvalue weighted by Gasteiger charge is -2.31. The van der Waals surface area contributed by atoms with E-state index in [0.29, 0.717) is 24.8 Å². The Morgan fingerprint density at radius 1 is 1.33 bits per heavy atom. The van der Waals surface area contributed by atoms with Crippen LogP contribution in [0.4, 0.5) is 8.78 Å². The predicted octanol–water partition coefficient (Wildman–Crippen LogP) is 4.88. The third kappa shape index (κ3) is 6.10. The third-order valence-corrected chi connectivity index (χ3v) is 7.98. The summed E-state index contributed by atoms with van der Waals surface area (Å²) >= 11 is 1.38. The number of carbonyl (C=O) groups is 1. The van der Waals surface area contributed by atoms with Crippen LogP contribution in [0.1, 0.15) is 53.5 Å². The molecule has 1 fully saturated rings. The molecule has 1 saturated heterocycles. The summed E-state index contributed by atoms with van der Waals surface area (Å²) in [5.74, 6) is -2.47. The smallest absolute Gasteiger partial charge is 0.278 e. The van der Waals surface area contributed by atoms with E-state index in [1.807, 2.05) is 31.4 Å². The second-order valence-electron chi connectivity index (χ2n) is 10.1. The molecule has 0 aliphatic carbocycles. The van der Waals surface area contributed by atoms with Gasteiger partial charge in [0.2, 0.25) is 0 Å². The van der Waals surface area contributed by atoms with Gasteiger partial charge in [-0.2, -0.15) is 5.10 Å². The van der Waals surface area contributed by atoms with Gasteiger partial charge in [0.15, 0.2) is 12.4 Å². The molecule has 3 aromatic rings. The van der Waals surface area contributed by atoms with Crippen LogP contribution in [0.3, 0.4) is 0 Å². The van der Waals surface area contributed by atoms with Gasteiger partial charge >= 0.3 is 0 Å². The highest BCUT2D eigenvalue weighted by Crippen LogP contribution is 2.31. The largest absolute Gasteiger partial charge is 0.464 e. The average Bonchev–Trinajstić information content (AvgIpc) is 3.43. The van der Waals surface area contributed by atoms with Crippen molar-refractivity contribution in [2.75, 3.05) is 26.3 Å². The van der Waals surface area contributed by atoms with Crippen LogP contribution in [0, 0.1) is 5.92 Å². The first-order chi connectivity index (χ1) is 17.2. The Morgan fingerprint density at radius 3 is 2.97 bits per heavy atom. The minimum atomic E-state index is -2.86. The maximum absolute atomic E-state index is 13.1. The van der Waals surface area contributed by atoms with Crippen LogP contribution in [0.25, 0.3) is 10.9 Å². The molecule has 2 aliphatic heterocycles. The number of rotatable bonds is 9. The maximum atomic E-state index is 13.1. The Hall–Kier alpha value is -2.43. The van der Waals surface area contributed by atoms with E-state index in [1.165, 1.54) is 11.3 Å². The van der Waals surface area contributed by atoms with Gasteiger partial charge in [0, 0.05) is 62.1 Å². The molecule has 1 aromatic carbocycles. The molecule has 0 unspecified atom stereocenters. The predicted molar refractivity (Wildman–Crippen MR) is 134 cm³/mol. The van der Waals surface area contributed by atoms with Gasteiger partial charge in [-0.25, -0.2) is 13.8 Å². The van der Waals surface area contributed by atoms with Crippen molar-refractivity contribution in [3.05, 3.63) is 40.5 Å². The molecule has 7 nitrogen and oxygen atoms in total. The highest BCUT2D eigenvalue weighted by molar-refractivity contribution is 7.13. The Bertz CT molecular complexity index is 1210. The number of thiazole rings is 1. The van der Waals surface area contributed by atoms with Gasteiger partial charge in [0.1, 0.15) is 0 Å². The lowest BCUT2D eigenvalue weighted by atomic mass is 9.90. The van der Waals surface area contributed by atoms with E-state index < -0.39 is 12.5 Å². The second-order valence-corrected chi connectivity index (χ2v) is 11.1. The summed E-state index contributed by atoms with van der Waals surface area (Å²) in [7, 11) is 1.87. The second kappa shape index (κ2) is 10.5. The fraction of sp³-hybridized carbons (Fsp3) is 0.577. The number of Topliss-reactive ketones (excluding diaryl/α,β-unsaturated/α-hetero) is 1. The SMILES string of the molecule is Cn1cc2c(C(=O)C[C@H]3CC[C@H](CCN4CCc5sc(OCC(C)(F)F)nc5C4)OC3)cccc2n1. The van der Waals surface area contributed by atoms with E-state index >= 15 is 0 Å². The molecule has 5 rings (SSSR count). The number of ether oxygens (including phenoxy) is 2. The van der Waals surface area contributed by atoms with Crippen molar-refractivity contribution in [2.24, 2.45) is 13.0 Å². The van der Waals surface area contributed by atoms with Crippen molar-refractivity contribution in [1.82, 2.24) is 19.7 Å². The van der Waals surface area contributed by atoms with Crippen molar-refractivity contribution in [2.45, 2.75) is 57.6 Å². The molecule has 2 aliphatic rings. The van der Waals surface area contributed by atoms with Crippen LogP contribution in [0.15, 0.2) is 24.4 Å². The number of benzene rings is 1. The molecule has 2 aromatic heterocycles. The summed E-state index contributed by atoms with van der Waals surface area (Å²) in [4.78, 5) is 20.9. The summed E-state index contributed by atoms with van der Waals surface area (Å²) in [5, 5.41) is 5.64. The first kappa shape index (κ1) is 25.2.